The molecule has 0 fully saturated rings. The summed E-state index contributed by atoms with van der Waals surface area (Å²) in [7, 11) is 3.75. The Labute approximate surface area is 138 Å². The van der Waals surface area contributed by atoms with Gasteiger partial charge in [0, 0.05) is 48.3 Å². The van der Waals surface area contributed by atoms with Crippen LogP contribution in [0.1, 0.15) is 20.7 Å². The standard InChI is InChI=1S/C20H16N2O2/c1-21-11-15(13-7-3-5-9-17(13)21)19(23)20(24)16-12-22(2)18-10-6-4-8-14(16)18/h3-12H,1-2H3. The van der Waals surface area contributed by atoms with Crippen LogP contribution in [0.3, 0.4) is 0 Å². The van der Waals surface area contributed by atoms with Gasteiger partial charge in [0.2, 0.25) is 11.6 Å². The van der Waals surface area contributed by atoms with Crippen molar-refractivity contribution in [3.63, 3.8) is 0 Å². The maximum Gasteiger partial charge on any atom is 0.235 e. The highest BCUT2D eigenvalue weighted by molar-refractivity contribution is 6.52. The molecule has 118 valence electrons. The van der Waals surface area contributed by atoms with Crippen molar-refractivity contribution in [2.45, 2.75) is 0 Å². The van der Waals surface area contributed by atoms with Gasteiger partial charge < -0.3 is 9.13 Å². The number of carbonyl (C=O) groups is 2. The molecule has 0 saturated heterocycles. The molecule has 0 atom stereocenters. The highest BCUT2D eigenvalue weighted by Crippen LogP contribution is 2.25. The van der Waals surface area contributed by atoms with Crippen LogP contribution >= 0.6 is 0 Å². The number of benzene rings is 2. The quantitative estimate of drug-likeness (QED) is 0.427. The molecule has 4 rings (SSSR count). The first-order valence-corrected chi connectivity index (χ1v) is 7.75. The summed E-state index contributed by atoms with van der Waals surface area (Å²) in [6.45, 7) is 0. The minimum Gasteiger partial charge on any atom is -0.350 e. The molecule has 0 amide bonds. The van der Waals surface area contributed by atoms with Crippen LogP contribution in [-0.2, 0) is 14.1 Å². The van der Waals surface area contributed by atoms with Crippen LogP contribution in [0.25, 0.3) is 21.8 Å². The van der Waals surface area contributed by atoms with Gasteiger partial charge in [-0.05, 0) is 12.1 Å². The number of ketones is 2. The van der Waals surface area contributed by atoms with Gasteiger partial charge in [-0.2, -0.15) is 0 Å². The lowest BCUT2D eigenvalue weighted by molar-refractivity contribution is 0.0818. The molecule has 4 nitrogen and oxygen atoms in total. The van der Waals surface area contributed by atoms with Crippen LogP contribution in [-0.4, -0.2) is 20.7 Å². The molecule has 0 N–H and O–H groups in total. The van der Waals surface area contributed by atoms with Crippen LogP contribution in [0.15, 0.2) is 60.9 Å². The molecule has 4 aromatic rings. The van der Waals surface area contributed by atoms with Crippen molar-refractivity contribution in [1.82, 2.24) is 9.13 Å². The lowest BCUT2D eigenvalue weighted by Gasteiger charge is -1.98. The van der Waals surface area contributed by atoms with E-state index in [0.717, 1.165) is 21.8 Å². The second-order valence-electron chi connectivity index (χ2n) is 6.00. The first-order chi connectivity index (χ1) is 11.6. The number of nitrogens with zero attached hydrogens (tertiary/aromatic N) is 2. The number of hydrogen-bond acceptors (Lipinski definition) is 2. The first-order valence-electron chi connectivity index (χ1n) is 7.75. The zero-order valence-corrected chi connectivity index (χ0v) is 13.5. The second-order valence-corrected chi connectivity index (χ2v) is 6.00. The lowest BCUT2D eigenvalue weighted by Crippen LogP contribution is -2.14. The van der Waals surface area contributed by atoms with Crippen LogP contribution in [0.2, 0.25) is 0 Å². The number of para-hydroxylation sites is 2. The Morgan fingerprint density at radius 3 is 1.46 bits per heavy atom. The Hall–Kier alpha value is -3.14. The summed E-state index contributed by atoms with van der Waals surface area (Å²) in [6, 6.07) is 15.2. The monoisotopic (exact) mass is 316 g/mol. The van der Waals surface area contributed by atoms with Crippen LogP contribution in [0, 0.1) is 0 Å². The van der Waals surface area contributed by atoms with E-state index in [9.17, 15) is 9.59 Å². The third-order valence-electron chi connectivity index (χ3n) is 4.49. The molecule has 2 heterocycles. The predicted molar refractivity (Wildman–Crippen MR) is 94.5 cm³/mol. The van der Waals surface area contributed by atoms with Gasteiger partial charge in [-0.3, -0.25) is 9.59 Å². The van der Waals surface area contributed by atoms with Gasteiger partial charge in [0.1, 0.15) is 0 Å². The fourth-order valence-corrected chi connectivity index (χ4v) is 3.29. The molecular formula is C20H16N2O2. The molecule has 0 spiro atoms. The van der Waals surface area contributed by atoms with E-state index < -0.39 is 11.6 Å². The fourth-order valence-electron chi connectivity index (χ4n) is 3.29. The van der Waals surface area contributed by atoms with Crippen molar-refractivity contribution >= 4 is 33.4 Å². The highest BCUT2D eigenvalue weighted by atomic mass is 16.2. The van der Waals surface area contributed by atoms with Gasteiger partial charge in [0.05, 0.1) is 11.1 Å². The third-order valence-corrected chi connectivity index (χ3v) is 4.49. The van der Waals surface area contributed by atoms with E-state index in [2.05, 4.69) is 0 Å². The highest BCUT2D eigenvalue weighted by Gasteiger charge is 2.25. The Kier molecular flexibility index (Phi) is 3.13. The molecule has 0 aliphatic carbocycles. The second kappa shape index (κ2) is 5.20. The van der Waals surface area contributed by atoms with Gasteiger partial charge in [0.25, 0.3) is 0 Å². The first kappa shape index (κ1) is 14.5. The third kappa shape index (κ3) is 2.00. The molecule has 0 unspecified atom stereocenters. The van der Waals surface area contributed by atoms with E-state index in [1.807, 2.05) is 71.8 Å². The molecule has 0 aliphatic heterocycles. The maximum absolute atomic E-state index is 12.9. The zero-order chi connectivity index (χ0) is 16.8. The minimum absolute atomic E-state index is 0.450. The predicted octanol–water partition coefficient (Wildman–Crippen LogP) is 3.74. The van der Waals surface area contributed by atoms with Gasteiger partial charge in [-0.25, -0.2) is 0 Å². The van der Waals surface area contributed by atoms with E-state index in [1.165, 1.54) is 0 Å². The molecule has 0 aliphatic rings. The summed E-state index contributed by atoms with van der Waals surface area (Å²) < 4.78 is 3.75. The van der Waals surface area contributed by atoms with Crippen LogP contribution in [0.5, 0.6) is 0 Å². The fraction of sp³-hybridized carbons (Fsp3) is 0.100. The van der Waals surface area contributed by atoms with Crippen LogP contribution in [0.4, 0.5) is 0 Å². The van der Waals surface area contributed by atoms with Crippen molar-refractivity contribution < 1.29 is 9.59 Å². The average molecular weight is 316 g/mol. The summed E-state index contributed by atoms with van der Waals surface area (Å²) in [5.74, 6) is -0.939. The number of aromatic nitrogens is 2. The number of carbonyl (C=O) groups excluding carboxylic acids is 2. The number of hydrogen-bond donors (Lipinski definition) is 0. The van der Waals surface area contributed by atoms with Gasteiger partial charge >= 0.3 is 0 Å². The van der Waals surface area contributed by atoms with E-state index in [0.29, 0.717) is 11.1 Å². The topological polar surface area (TPSA) is 44.0 Å². The molecule has 0 saturated carbocycles. The summed E-state index contributed by atoms with van der Waals surface area (Å²) >= 11 is 0. The lowest BCUT2D eigenvalue weighted by atomic mass is 10.0. The number of Topliss-reactive ketones (excluding diaryl/α,β-unsaturated/α-hetero) is 2. The maximum atomic E-state index is 12.9. The van der Waals surface area contributed by atoms with Crippen molar-refractivity contribution in [1.29, 1.82) is 0 Å². The number of rotatable bonds is 3. The summed E-state index contributed by atoms with van der Waals surface area (Å²) in [5.41, 5.74) is 2.77. The SMILES string of the molecule is Cn1cc(C(=O)C(=O)c2cn(C)c3ccccc23)c2ccccc21. The minimum atomic E-state index is -0.469. The van der Waals surface area contributed by atoms with Crippen molar-refractivity contribution in [3.8, 4) is 0 Å². The van der Waals surface area contributed by atoms with Gasteiger partial charge in [-0.15, -0.1) is 0 Å². The molecule has 4 heteroatoms. The smallest absolute Gasteiger partial charge is 0.235 e. The Bertz CT molecular complexity index is 1030. The normalized spacial score (nSPS) is 11.2. The zero-order valence-electron chi connectivity index (χ0n) is 13.5. The molecular weight excluding hydrogens is 300 g/mol. The van der Waals surface area contributed by atoms with Crippen molar-refractivity contribution in [2.24, 2.45) is 14.1 Å². The Morgan fingerprint density at radius 2 is 1.04 bits per heavy atom. The number of aryl methyl sites for hydroxylation is 2. The van der Waals surface area contributed by atoms with Crippen molar-refractivity contribution in [3.05, 3.63) is 72.1 Å². The van der Waals surface area contributed by atoms with Crippen LogP contribution < -0.4 is 0 Å². The summed E-state index contributed by atoms with van der Waals surface area (Å²) in [6.07, 6.45) is 3.46. The van der Waals surface area contributed by atoms with Gasteiger partial charge in [-0.1, -0.05) is 36.4 Å². The summed E-state index contributed by atoms with van der Waals surface area (Å²) in [4.78, 5) is 25.7. The molecule has 0 radical (unpaired) electrons. The van der Waals surface area contributed by atoms with Crippen molar-refractivity contribution in [2.75, 3.05) is 0 Å². The molecule has 24 heavy (non-hydrogen) atoms. The molecule has 0 bridgehead atoms. The van der Waals surface area contributed by atoms with E-state index in [-0.39, 0.29) is 0 Å². The largest absolute Gasteiger partial charge is 0.350 e. The Balaban J connectivity index is 1.85. The van der Waals surface area contributed by atoms with E-state index in [1.54, 1.807) is 12.4 Å². The average Bonchev–Trinajstić information content (AvgIpc) is 3.12. The summed E-state index contributed by atoms with van der Waals surface area (Å²) in [5, 5.41) is 1.61. The number of fused-ring (bicyclic) bond motifs is 2. The molecule has 2 aromatic heterocycles. The van der Waals surface area contributed by atoms with Gasteiger partial charge in [0.15, 0.2) is 0 Å². The Morgan fingerprint density at radius 1 is 0.667 bits per heavy atom. The van der Waals surface area contributed by atoms with E-state index >= 15 is 0 Å². The molecule has 2 aromatic carbocycles. The van der Waals surface area contributed by atoms with E-state index in [4.69, 9.17) is 0 Å².